The van der Waals surface area contributed by atoms with E-state index in [1.807, 2.05) is 13.8 Å². The maximum Gasteiger partial charge on any atom is 0.0902 e. The summed E-state index contributed by atoms with van der Waals surface area (Å²) >= 11 is 0. The molecule has 0 spiro atoms. The van der Waals surface area contributed by atoms with Crippen LogP contribution in [0.2, 0.25) is 0 Å². The molecule has 3 aliphatic rings. The van der Waals surface area contributed by atoms with Crippen molar-refractivity contribution < 1.29 is 14.4 Å². The van der Waals surface area contributed by atoms with E-state index < -0.39 is 22.5 Å². The third-order valence-electron chi connectivity index (χ3n) is 8.15. The van der Waals surface area contributed by atoms with Crippen molar-refractivity contribution in [3.8, 4) is 0 Å². The van der Waals surface area contributed by atoms with Crippen LogP contribution >= 0.6 is 0 Å². The Balaban J connectivity index is 1.71. The highest BCUT2D eigenvalue weighted by molar-refractivity contribution is 7.85. The maximum atomic E-state index is 12.0. The Kier molecular flexibility index (Phi) is 7.52. The Bertz CT molecular complexity index is 729. The Morgan fingerprint density at radius 2 is 2.07 bits per heavy atom. The van der Waals surface area contributed by atoms with Crippen molar-refractivity contribution >= 4 is 10.8 Å². The lowest BCUT2D eigenvalue weighted by Gasteiger charge is -2.44. The summed E-state index contributed by atoms with van der Waals surface area (Å²) in [5.74, 6) is 2.91. The normalized spacial score (nSPS) is 38.8. The standard InChI is InChI=1S/C26H42O3S/c1-18(8-6-14-25(3,4)28)22-12-13-23-20(9-7-15-26(22,23)5)10-11-21-16-30(29)17-24(27)19(21)2/h10-11,18,22-24,27-28H,2,6-9,12-17H2,1,3-5H3/b20-10+,21-11-/t18-,22-,23+,24+,26-,30-/m1/s1. The quantitative estimate of drug-likeness (QED) is 0.595. The third-order valence-corrected chi connectivity index (χ3v) is 9.47. The number of aliphatic hydroxyl groups is 2. The SMILES string of the molecule is C=C1/C(=C\C=C2/CCC[C@]3(C)[C@@H]([C@H](C)CCCC(C)(C)O)CC[C@@H]23)C[S@@](=O)C[C@@H]1O. The first-order chi connectivity index (χ1) is 14.0. The molecule has 0 bridgehead atoms. The molecule has 2 saturated carbocycles. The summed E-state index contributed by atoms with van der Waals surface area (Å²) in [5.41, 5.74) is 3.05. The van der Waals surface area contributed by atoms with Gasteiger partial charge in [0.15, 0.2) is 0 Å². The van der Waals surface area contributed by atoms with Gasteiger partial charge in [0.25, 0.3) is 0 Å². The molecule has 170 valence electrons. The predicted octanol–water partition coefficient (Wildman–Crippen LogP) is 5.31. The van der Waals surface area contributed by atoms with Gasteiger partial charge in [-0.2, -0.15) is 0 Å². The van der Waals surface area contributed by atoms with Gasteiger partial charge in [-0.05, 0) is 86.7 Å². The molecule has 1 aliphatic heterocycles. The Labute approximate surface area is 186 Å². The smallest absolute Gasteiger partial charge is 0.0902 e. The number of hydrogen-bond acceptors (Lipinski definition) is 3. The summed E-state index contributed by atoms with van der Waals surface area (Å²) in [6.07, 6.45) is 13.1. The van der Waals surface area contributed by atoms with E-state index in [1.165, 1.54) is 32.1 Å². The molecule has 6 atom stereocenters. The van der Waals surface area contributed by atoms with Crippen LogP contribution in [0.1, 0.15) is 79.1 Å². The number of allylic oxidation sites excluding steroid dienone is 3. The molecular formula is C26H42O3S. The molecule has 1 heterocycles. The summed E-state index contributed by atoms with van der Waals surface area (Å²) in [5, 5.41) is 20.1. The second kappa shape index (κ2) is 9.42. The van der Waals surface area contributed by atoms with Crippen LogP contribution in [-0.2, 0) is 10.8 Å². The van der Waals surface area contributed by atoms with Crippen LogP contribution in [-0.4, -0.2) is 37.6 Å². The molecule has 0 aromatic rings. The molecule has 30 heavy (non-hydrogen) atoms. The molecule has 2 aliphatic carbocycles. The number of aliphatic hydroxyl groups excluding tert-OH is 1. The fourth-order valence-corrected chi connectivity index (χ4v) is 7.75. The van der Waals surface area contributed by atoms with Crippen molar-refractivity contribution in [2.75, 3.05) is 11.5 Å². The summed E-state index contributed by atoms with van der Waals surface area (Å²) in [7, 11) is -0.989. The van der Waals surface area contributed by atoms with Crippen LogP contribution in [0.15, 0.2) is 35.5 Å². The van der Waals surface area contributed by atoms with Crippen LogP contribution in [0.5, 0.6) is 0 Å². The van der Waals surface area contributed by atoms with Crippen LogP contribution < -0.4 is 0 Å². The highest BCUT2D eigenvalue weighted by Gasteiger charge is 2.50. The van der Waals surface area contributed by atoms with E-state index in [9.17, 15) is 14.4 Å². The predicted molar refractivity (Wildman–Crippen MR) is 127 cm³/mol. The van der Waals surface area contributed by atoms with Gasteiger partial charge in [0, 0.05) is 16.6 Å². The first kappa shape index (κ1) is 23.9. The fourth-order valence-electron chi connectivity index (χ4n) is 6.45. The largest absolute Gasteiger partial charge is 0.390 e. The highest BCUT2D eigenvalue weighted by atomic mass is 32.2. The minimum Gasteiger partial charge on any atom is -0.390 e. The van der Waals surface area contributed by atoms with E-state index in [1.54, 1.807) is 5.57 Å². The van der Waals surface area contributed by atoms with Gasteiger partial charge in [-0.3, -0.25) is 4.21 Å². The van der Waals surface area contributed by atoms with Crippen LogP contribution in [0.3, 0.4) is 0 Å². The van der Waals surface area contributed by atoms with Crippen LogP contribution in [0, 0.1) is 23.2 Å². The Morgan fingerprint density at radius 1 is 1.33 bits per heavy atom. The van der Waals surface area contributed by atoms with Crippen LogP contribution in [0.25, 0.3) is 0 Å². The first-order valence-corrected chi connectivity index (χ1v) is 13.3. The maximum absolute atomic E-state index is 12.0. The summed E-state index contributed by atoms with van der Waals surface area (Å²) in [6.45, 7) is 12.8. The molecule has 0 amide bonds. The second-order valence-corrected chi connectivity index (χ2v) is 12.5. The summed E-state index contributed by atoms with van der Waals surface area (Å²) < 4.78 is 12.0. The van der Waals surface area contributed by atoms with E-state index >= 15 is 0 Å². The van der Waals surface area contributed by atoms with E-state index in [2.05, 4.69) is 32.6 Å². The van der Waals surface area contributed by atoms with Gasteiger partial charge < -0.3 is 10.2 Å². The lowest BCUT2D eigenvalue weighted by atomic mass is 9.60. The molecule has 2 N–H and O–H groups in total. The molecule has 3 nitrogen and oxygen atoms in total. The average Bonchev–Trinajstić information content (AvgIpc) is 3.00. The van der Waals surface area contributed by atoms with Crippen molar-refractivity contribution in [1.82, 2.24) is 0 Å². The first-order valence-electron chi connectivity index (χ1n) is 11.9. The zero-order chi connectivity index (χ0) is 22.1. The number of fused-ring (bicyclic) bond motifs is 1. The van der Waals surface area contributed by atoms with Gasteiger partial charge in [-0.15, -0.1) is 0 Å². The van der Waals surface area contributed by atoms with E-state index in [0.29, 0.717) is 28.8 Å². The lowest BCUT2D eigenvalue weighted by Crippen LogP contribution is -2.36. The Hall–Kier alpha value is -0.710. The van der Waals surface area contributed by atoms with E-state index in [-0.39, 0.29) is 0 Å². The van der Waals surface area contributed by atoms with Crippen molar-refractivity contribution in [1.29, 1.82) is 0 Å². The Morgan fingerprint density at radius 3 is 2.77 bits per heavy atom. The molecule has 3 fully saturated rings. The molecule has 4 heteroatoms. The van der Waals surface area contributed by atoms with Gasteiger partial charge in [0.2, 0.25) is 0 Å². The second-order valence-electron chi connectivity index (χ2n) is 11.0. The topological polar surface area (TPSA) is 57.5 Å². The van der Waals surface area contributed by atoms with Crippen molar-refractivity contribution in [2.45, 2.75) is 90.8 Å². The summed E-state index contributed by atoms with van der Waals surface area (Å²) in [4.78, 5) is 0. The van der Waals surface area contributed by atoms with Crippen molar-refractivity contribution in [3.05, 3.63) is 35.5 Å². The zero-order valence-corrected chi connectivity index (χ0v) is 20.3. The van der Waals surface area contributed by atoms with Crippen LogP contribution in [0.4, 0.5) is 0 Å². The molecule has 0 radical (unpaired) electrons. The van der Waals surface area contributed by atoms with Crippen molar-refractivity contribution in [2.24, 2.45) is 23.2 Å². The zero-order valence-electron chi connectivity index (χ0n) is 19.5. The molecular weight excluding hydrogens is 392 g/mol. The van der Waals surface area contributed by atoms with Gasteiger partial charge in [-0.25, -0.2) is 0 Å². The number of rotatable bonds is 6. The van der Waals surface area contributed by atoms with E-state index in [4.69, 9.17) is 0 Å². The lowest BCUT2D eigenvalue weighted by molar-refractivity contribution is 0.0596. The minimum atomic E-state index is -0.989. The van der Waals surface area contributed by atoms with Crippen molar-refractivity contribution in [3.63, 3.8) is 0 Å². The monoisotopic (exact) mass is 434 g/mol. The fraction of sp³-hybridized carbons (Fsp3) is 0.769. The third kappa shape index (κ3) is 5.37. The van der Waals surface area contributed by atoms with E-state index in [0.717, 1.165) is 36.3 Å². The van der Waals surface area contributed by atoms with Gasteiger partial charge in [-0.1, -0.05) is 51.0 Å². The average molecular weight is 435 g/mol. The molecule has 1 saturated heterocycles. The molecule has 0 aromatic heterocycles. The highest BCUT2D eigenvalue weighted by Crippen LogP contribution is 2.59. The van der Waals surface area contributed by atoms with Gasteiger partial charge in [0.05, 0.1) is 17.5 Å². The number of hydrogen-bond donors (Lipinski definition) is 2. The van der Waals surface area contributed by atoms with Gasteiger partial charge in [0.1, 0.15) is 0 Å². The minimum absolute atomic E-state index is 0.320. The molecule has 3 rings (SSSR count). The summed E-state index contributed by atoms with van der Waals surface area (Å²) in [6, 6.07) is 0. The molecule has 0 unspecified atom stereocenters. The van der Waals surface area contributed by atoms with Gasteiger partial charge >= 0.3 is 0 Å². The molecule has 0 aromatic carbocycles.